The van der Waals surface area contributed by atoms with Crippen molar-refractivity contribution in [2.24, 2.45) is 17.3 Å². The number of carbonyl (C=O) groups is 2. The van der Waals surface area contributed by atoms with Gasteiger partial charge in [-0.25, -0.2) is 0 Å². The Kier molecular flexibility index (Phi) is 10.3. The van der Waals surface area contributed by atoms with Gasteiger partial charge in [0, 0.05) is 39.5 Å². The minimum absolute atomic E-state index is 0.0425. The van der Waals surface area contributed by atoms with E-state index in [0.29, 0.717) is 19.3 Å². The van der Waals surface area contributed by atoms with Gasteiger partial charge in [0.1, 0.15) is 12.2 Å². The van der Waals surface area contributed by atoms with Crippen molar-refractivity contribution in [3.8, 4) is 11.8 Å². The molecule has 2 unspecified atom stereocenters. The zero-order valence-electron chi connectivity index (χ0n) is 24.5. The van der Waals surface area contributed by atoms with Crippen molar-refractivity contribution in [3.63, 3.8) is 0 Å². The van der Waals surface area contributed by atoms with Crippen LogP contribution in [0.4, 0.5) is 26.3 Å². The summed E-state index contributed by atoms with van der Waals surface area (Å²) in [6, 6.07) is 0. The Balaban J connectivity index is 1.76. The third kappa shape index (κ3) is 8.42. The maximum Gasteiger partial charge on any atom is 0.524 e. The van der Waals surface area contributed by atoms with Gasteiger partial charge >= 0.3 is 24.5 Å². The van der Waals surface area contributed by atoms with Gasteiger partial charge in [-0.3, -0.25) is 14.3 Å². The quantitative estimate of drug-likeness (QED) is 0.134. The lowest BCUT2D eigenvalue weighted by atomic mass is 9.62. The fourth-order valence-electron chi connectivity index (χ4n) is 6.62. The largest absolute Gasteiger partial charge is 0.524 e. The molecule has 5 nitrogen and oxygen atoms in total. The first-order valence-electron chi connectivity index (χ1n) is 14.1. The van der Waals surface area contributed by atoms with Crippen LogP contribution in [0.2, 0.25) is 0 Å². The Bertz CT molecular complexity index is 1160. The second-order valence-corrected chi connectivity index (χ2v) is 11.9. The zero-order chi connectivity index (χ0) is 31.5. The van der Waals surface area contributed by atoms with Gasteiger partial charge in [-0.15, -0.1) is 13.2 Å². The van der Waals surface area contributed by atoms with Gasteiger partial charge in [-0.2, -0.15) is 13.2 Å². The van der Waals surface area contributed by atoms with Gasteiger partial charge in [0.15, 0.2) is 0 Å². The third-order valence-electron chi connectivity index (χ3n) is 8.44. The summed E-state index contributed by atoms with van der Waals surface area (Å²) >= 11 is 0. The molecule has 0 aliphatic heterocycles. The Morgan fingerprint density at radius 2 is 1.67 bits per heavy atom. The average Bonchev–Trinajstić information content (AvgIpc) is 3.17. The Labute approximate surface area is 242 Å². The van der Waals surface area contributed by atoms with Crippen LogP contribution in [0.3, 0.4) is 0 Å². The summed E-state index contributed by atoms with van der Waals surface area (Å²) in [6.45, 7) is 6.92. The van der Waals surface area contributed by atoms with E-state index in [2.05, 4.69) is 29.7 Å². The summed E-state index contributed by atoms with van der Waals surface area (Å²) in [5, 5.41) is 0. The number of rotatable bonds is 6. The molecule has 0 bridgehead atoms. The van der Waals surface area contributed by atoms with Crippen LogP contribution >= 0.6 is 0 Å². The van der Waals surface area contributed by atoms with E-state index in [9.17, 15) is 35.9 Å². The minimum Gasteiger partial charge on any atom is -0.462 e. The number of alkyl halides is 6. The number of allylic oxidation sites excluding steroid dienone is 5. The van der Waals surface area contributed by atoms with Crippen LogP contribution in [0.25, 0.3) is 0 Å². The van der Waals surface area contributed by atoms with Gasteiger partial charge in [-0.1, -0.05) is 60.6 Å². The van der Waals surface area contributed by atoms with E-state index in [4.69, 9.17) is 9.47 Å². The normalized spacial score (nSPS) is 29.4. The van der Waals surface area contributed by atoms with E-state index in [0.717, 1.165) is 36.8 Å². The van der Waals surface area contributed by atoms with Gasteiger partial charge in [-0.05, 0) is 49.9 Å². The lowest BCUT2D eigenvalue weighted by Gasteiger charge is -2.42. The van der Waals surface area contributed by atoms with Crippen molar-refractivity contribution in [2.75, 3.05) is 0 Å². The minimum atomic E-state index is -5.49. The topological polar surface area (TPSA) is 61.8 Å². The molecule has 0 aromatic heterocycles. The monoisotopic (exact) mass is 604 g/mol. The first-order chi connectivity index (χ1) is 19.3. The predicted octanol–water partition coefficient (Wildman–Crippen LogP) is 7.91. The molecular weight excluding hydrogens is 566 g/mol. The molecule has 0 N–H and O–H groups in total. The van der Waals surface area contributed by atoms with Crippen LogP contribution in [0, 0.1) is 29.1 Å². The highest BCUT2D eigenvalue weighted by atomic mass is 19.4. The number of halogens is 6. The average molecular weight is 605 g/mol. The lowest BCUT2D eigenvalue weighted by Crippen LogP contribution is -2.47. The SMILES string of the molecule is CC(=O)O[C@@H]1CC(=C/C=C2\CCC[C@]3(C)C([C@H](C)CC#CC(C)(OC(F)(F)F)C(F)(F)F)=CCC23)C[C@@H](OC(C)=O)C1. The molecule has 3 aliphatic rings. The molecule has 11 heteroatoms. The van der Waals surface area contributed by atoms with Crippen LogP contribution in [-0.4, -0.2) is 42.3 Å². The van der Waals surface area contributed by atoms with E-state index >= 15 is 0 Å². The van der Waals surface area contributed by atoms with Crippen molar-refractivity contribution < 1.29 is 50.1 Å². The number of hydrogen-bond acceptors (Lipinski definition) is 5. The molecule has 42 heavy (non-hydrogen) atoms. The highest BCUT2D eigenvalue weighted by Crippen LogP contribution is 2.57. The zero-order valence-corrected chi connectivity index (χ0v) is 24.5. The molecule has 0 spiro atoms. The van der Waals surface area contributed by atoms with Crippen molar-refractivity contribution in [1.29, 1.82) is 0 Å². The number of carbonyl (C=O) groups excluding carboxylic acids is 2. The number of fused-ring (bicyclic) bond motifs is 1. The standard InChI is InChI=1S/C31H38F6O5/c1-19(8-6-15-29(5,30(32,33)34)42-31(35,36)37)26-12-13-27-23(9-7-14-28(26,27)4)11-10-22-16-24(40-20(2)38)18-25(17-22)41-21(3)39/h10-12,19,24-25,27H,7-9,13-14,16-18H2,1-5H3/b23-11+/t19-,24-,25-,27?,28-,29?/m1/s1. The van der Waals surface area contributed by atoms with Crippen LogP contribution in [0.1, 0.15) is 86.0 Å². The van der Waals surface area contributed by atoms with Gasteiger partial charge < -0.3 is 9.47 Å². The Hall–Kier alpha value is -2.74. The molecule has 3 rings (SSSR count). The summed E-state index contributed by atoms with van der Waals surface area (Å²) in [5.74, 6) is 3.13. The summed E-state index contributed by atoms with van der Waals surface area (Å²) in [6.07, 6.45) is -0.539. The van der Waals surface area contributed by atoms with Gasteiger partial charge in [0.25, 0.3) is 0 Å². The van der Waals surface area contributed by atoms with E-state index in [1.54, 1.807) is 5.92 Å². The van der Waals surface area contributed by atoms with Crippen molar-refractivity contribution in [1.82, 2.24) is 0 Å². The van der Waals surface area contributed by atoms with Crippen LogP contribution in [0.5, 0.6) is 0 Å². The molecule has 0 radical (unpaired) electrons. The Morgan fingerprint density at radius 3 is 2.19 bits per heavy atom. The summed E-state index contributed by atoms with van der Waals surface area (Å²) in [5.41, 5.74) is -0.637. The number of hydrogen-bond donors (Lipinski definition) is 0. The summed E-state index contributed by atoms with van der Waals surface area (Å²) in [7, 11) is 0. The van der Waals surface area contributed by atoms with E-state index in [-0.39, 0.29) is 42.8 Å². The predicted molar refractivity (Wildman–Crippen MR) is 142 cm³/mol. The van der Waals surface area contributed by atoms with Gasteiger partial charge in [0.2, 0.25) is 5.60 Å². The Morgan fingerprint density at radius 1 is 1.07 bits per heavy atom. The first-order valence-corrected chi connectivity index (χ1v) is 14.1. The van der Waals surface area contributed by atoms with E-state index in [1.807, 2.05) is 13.0 Å². The van der Waals surface area contributed by atoms with E-state index < -0.39 is 30.1 Å². The summed E-state index contributed by atoms with van der Waals surface area (Å²) in [4.78, 5) is 23.1. The molecule has 3 aliphatic carbocycles. The molecule has 0 amide bonds. The molecular formula is C31H38F6O5. The highest BCUT2D eigenvalue weighted by molar-refractivity contribution is 5.67. The highest BCUT2D eigenvalue weighted by Gasteiger charge is 2.57. The number of esters is 2. The molecule has 0 heterocycles. The maximum absolute atomic E-state index is 13.4. The third-order valence-corrected chi connectivity index (χ3v) is 8.44. The van der Waals surface area contributed by atoms with Crippen LogP contribution < -0.4 is 0 Å². The second kappa shape index (κ2) is 12.9. The molecule has 6 atom stereocenters. The fraction of sp³-hybridized carbons (Fsp3) is 0.677. The maximum atomic E-state index is 13.4. The molecule has 2 fully saturated rings. The lowest BCUT2D eigenvalue weighted by molar-refractivity contribution is -0.396. The molecule has 0 aromatic rings. The molecule has 0 aromatic carbocycles. The van der Waals surface area contributed by atoms with Crippen LogP contribution in [0.15, 0.2) is 34.9 Å². The van der Waals surface area contributed by atoms with Gasteiger partial charge in [0.05, 0.1) is 0 Å². The van der Waals surface area contributed by atoms with Crippen molar-refractivity contribution in [2.45, 2.75) is 116 Å². The second-order valence-electron chi connectivity index (χ2n) is 11.9. The van der Waals surface area contributed by atoms with Crippen molar-refractivity contribution >= 4 is 11.9 Å². The first kappa shape index (κ1) is 33.8. The molecule has 2 saturated carbocycles. The fourth-order valence-corrected chi connectivity index (χ4v) is 6.62. The van der Waals surface area contributed by atoms with Crippen molar-refractivity contribution in [3.05, 3.63) is 34.9 Å². The van der Waals surface area contributed by atoms with E-state index in [1.165, 1.54) is 19.4 Å². The molecule has 234 valence electrons. The number of ether oxygens (including phenoxy) is 3. The smallest absolute Gasteiger partial charge is 0.462 e. The van der Waals surface area contributed by atoms with Crippen LogP contribution in [-0.2, 0) is 23.8 Å². The summed E-state index contributed by atoms with van der Waals surface area (Å²) < 4.78 is 92.2. The molecule has 0 saturated heterocycles.